The van der Waals surface area contributed by atoms with E-state index >= 15 is 0 Å². The molecular formula is C37H53N7O7. The Balaban J connectivity index is 1.57. The zero-order valence-electron chi connectivity index (χ0n) is 29.8. The Morgan fingerprint density at radius 2 is 1.61 bits per heavy atom. The number of rotatable bonds is 24. The normalized spacial score (nSPS) is 17.9. The summed E-state index contributed by atoms with van der Waals surface area (Å²) in [6.45, 7) is 4.13. The van der Waals surface area contributed by atoms with E-state index in [1.807, 2.05) is 12.2 Å². The third-order valence-electron chi connectivity index (χ3n) is 7.74. The number of aromatic amines is 1. The Morgan fingerprint density at radius 3 is 2.18 bits per heavy atom. The first-order valence-electron chi connectivity index (χ1n) is 17.5. The van der Waals surface area contributed by atoms with Gasteiger partial charge in [0.25, 0.3) is 5.56 Å². The van der Waals surface area contributed by atoms with Crippen LogP contribution in [0, 0.1) is 6.92 Å². The molecule has 0 aliphatic carbocycles. The van der Waals surface area contributed by atoms with Gasteiger partial charge in [-0.05, 0) is 57.4 Å². The van der Waals surface area contributed by atoms with E-state index < -0.39 is 35.7 Å². The zero-order valence-corrected chi connectivity index (χ0v) is 29.8. The van der Waals surface area contributed by atoms with Crippen molar-refractivity contribution in [2.24, 2.45) is 5.11 Å². The molecule has 14 heteroatoms. The van der Waals surface area contributed by atoms with Crippen LogP contribution in [0.25, 0.3) is 10.4 Å². The van der Waals surface area contributed by atoms with Crippen LogP contribution in [0.4, 0.5) is 4.79 Å². The van der Waals surface area contributed by atoms with Gasteiger partial charge in [-0.3, -0.25) is 19.1 Å². The van der Waals surface area contributed by atoms with E-state index in [1.54, 1.807) is 0 Å². The topological polar surface area (TPSA) is 192 Å². The number of aryl methyl sites for hydroxylation is 1. The van der Waals surface area contributed by atoms with Crippen LogP contribution >= 0.6 is 0 Å². The van der Waals surface area contributed by atoms with Gasteiger partial charge in [0, 0.05) is 42.6 Å². The summed E-state index contributed by atoms with van der Waals surface area (Å²) < 4.78 is 12.6. The van der Waals surface area contributed by atoms with Crippen LogP contribution in [0.2, 0.25) is 0 Å². The Morgan fingerprint density at radius 1 is 1.02 bits per heavy atom. The summed E-state index contributed by atoms with van der Waals surface area (Å²) >= 11 is 0. The molecule has 1 aliphatic rings. The molecular weight excluding hydrogens is 654 g/mol. The SMILES string of the molecule is CCC=CCC=CCC=CCC=CCC=CCC=CCCC(=O)NCCOCCN(C[C@@H]1O[C@H](n2cc(C)c(=O)[nH]c2=O)C[C@@H]1N=[N+]=[N-])C(=O)O. The number of azide groups is 1. The van der Waals surface area contributed by atoms with Gasteiger partial charge < -0.3 is 24.8 Å². The second-order valence-corrected chi connectivity index (χ2v) is 11.8. The molecule has 2 amide bonds. The lowest BCUT2D eigenvalue weighted by Gasteiger charge is -2.24. The van der Waals surface area contributed by atoms with Crippen molar-refractivity contribution >= 4 is 12.0 Å². The first kappa shape index (κ1) is 42.3. The number of carbonyl (C=O) groups is 2. The predicted molar refractivity (Wildman–Crippen MR) is 198 cm³/mol. The molecule has 1 aromatic heterocycles. The Hall–Kier alpha value is -4.91. The highest BCUT2D eigenvalue weighted by Gasteiger charge is 2.38. The number of amides is 2. The molecule has 0 aromatic carbocycles. The molecule has 3 atom stereocenters. The highest BCUT2D eigenvalue weighted by atomic mass is 16.5. The van der Waals surface area contributed by atoms with E-state index in [-0.39, 0.29) is 45.2 Å². The number of hydrogen-bond acceptors (Lipinski definition) is 7. The lowest BCUT2D eigenvalue weighted by Crippen LogP contribution is -2.42. The minimum atomic E-state index is -1.22. The van der Waals surface area contributed by atoms with E-state index in [0.29, 0.717) is 18.4 Å². The largest absolute Gasteiger partial charge is 0.465 e. The maximum atomic E-state index is 12.3. The zero-order chi connectivity index (χ0) is 37.1. The summed E-state index contributed by atoms with van der Waals surface area (Å²) in [6.07, 6.45) is 30.9. The Bertz CT molecular complexity index is 1550. The fraction of sp³-hybridized carbons (Fsp3) is 0.514. The van der Waals surface area contributed by atoms with Crippen LogP contribution in [0.15, 0.2) is 93.8 Å². The van der Waals surface area contributed by atoms with Gasteiger partial charge in [0.05, 0.1) is 31.9 Å². The van der Waals surface area contributed by atoms with Gasteiger partial charge in [0.2, 0.25) is 5.91 Å². The molecule has 1 fully saturated rings. The molecule has 3 N–H and O–H groups in total. The minimum absolute atomic E-state index is 0.0111. The van der Waals surface area contributed by atoms with Crippen molar-refractivity contribution < 1.29 is 24.2 Å². The Labute approximate surface area is 299 Å². The van der Waals surface area contributed by atoms with Gasteiger partial charge in [-0.2, -0.15) is 0 Å². The number of allylic oxidation sites excluding steroid dienone is 12. The first-order valence-corrected chi connectivity index (χ1v) is 17.5. The van der Waals surface area contributed by atoms with Crippen molar-refractivity contribution in [3.63, 3.8) is 0 Å². The van der Waals surface area contributed by atoms with Crippen molar-refractivity contribution in [2.75, 3.05) is 32.8 Å². The number of nitrogens with zero attached hydrogens (tertiary/aromatic N) is 5. The van der Waals surface area contributed by atoms with Crippen LogP contribution in [0.3, 0.4) is 0 Å². The van der Waals surface area contributed by atoms with E-state index in [0.717, 1.165) is 43.4 Å². The molecule has 1 saturated heterocycles. The van der Waals surface area contributed by atoms with Crippen molar-refractivity contribution in [3.05, 3.63) is 116 Å². The molecule has 0 bridgehead atoms. The monoisotopic (exact) mass is 707 g/mol. The molecule has 278 valence electrons. The number of nitrogens with one attached hydrogen (secondary N) is 2. The van der Waals surface area contributed by atoms with Crippen LogP contribution in [-0.2, 0) is 14.3 Å². The summed E-state index contributed by atoms with van der Waals surface area (Å²) in [5, 5.41) is 16.2. The molecule has 2 heterocycles. The average molecular weight is 708 g/mol. The number of carbonyl (C=O) groups excluding carboxylic acids is 1. The molecule has 0 radical (unpaired) electrons. The number of carboxylic acid groups (broad SMARTS) is 1. The summed E-state index contributed by atoms with van der Waals surface area (Å²) in [7, 11) is 0. The second kappa shape index (κ2) is 26.0. The van der Waals surface area contributed by atoms with Gasteiger partial charge in [-0.25, -0.2) is 9.59 Å². The van der Waals surface area contributed by atoms with Crippen molar-refractivity contribution in [1.82, 2.24) is 19.8 Å². The molecule has 0 unspecified atom stereocenters. The highest BCUT2D eigenvalue weighted by molar-refractivity contribution is 5.75. The molecule has 0 saturated carbocycles. The molecule has 2 rings (SSSR count). The van der Waals surface area contributed by atoms with E-state index in [9.17, 15) is 24.3 Å². The van der Waals surface area contributed by atoms with E-state index in [4.69, 9.17) is 15.0 Å². The molecule has 0 spiro atoms. The average Bonchev–Trinajstić information content (AvgIpc) is 3.50. The maximum Gasteiger partial charge on any atom is 0.407 e. The summed E-state index contributed by atoms with van der Waals surface area (Å²) in [5.41, 5.74) is 8.10. The molecule has 1 aliphatic heterocycles. The van der Waals surface area contributed by atoms with Crippen molar-refractivity contribution in [2.45, 2.75) is 90.0 Å². The quantitative estimate of drug-likeness (QED) is 0.0364. The number of ether oxygens (including phenoxy) is 2. The van der Waals surface area contributed by atoms with Gasteiger partial charge in [0.15, 0.2) is 0 Å². The lowest BCUT2D eigenvalue weighted by molar-refractivity contribution is -0.121. The summed E-state index contributed by atoms with van der Waals surface area (Å²) in [4.78, 5) is 54.2. The maximum absolute atomic E-state index is 12.3. The first-order chi connectivity index (χ1) is 24.8. The Kier molecular flexibility index (Phi) is 21.5. The van der Waals surface area contributed by atoms with E-state index in [1.165, 1.54) is 17.7 Å². The van der Waals surface area contributed by atoms with Gasteiger partial charge >= 0.3 is 11.8 Å². The van der Waals surface area contributed by atoms with Crippen LogP contribution < -0.4 is 16.6 Å². The number of aromatic nitrogens is 2. The fourth-order valence-electron chi connectivity index (χ4n) is 5.00. The summed E-state index contributed by atoms with van der Waals surface area (Å²) in [6, 6.07) is -0.731. The molecule has 14 nitrogen and oxygen atoms in total. The number of H-pyrrole nitrogens is 1. The van der Waals surface area contributed by atoms with Crippen molar-refractivity contribution in [1.29, 1.82) is 0 Å². The molecule has 1 aromatic rings. The van der Waals surface area contributed by atoms with Crippen LogP contribution in [-0.4, -0.2) is 76.6 Å². The highest BCUT2D eigenvalue weighted by Crippen LogP contribution is 2.30. The minimum Gasteiger partial charge on any atom is -0.465 e. The lowest BCUT2D eigenvalue weighted by atomic mass is 10.1. The fourth-order valence-corrected chi connectivity index (χ4v) is 5.00. The van der Waals surface area contributed by atoms with Gasteiger partial charge in [-0.15, -0.1) is 0 Å². The van der Waals surface area contributed by atoms with Gasteiger partial charge in [0.1, 0.15) is 6.23 Å². The molecule has 51 heavy (non-hydrogen) atoms. The summed E-state index contributed by atoms with van der Waals surface area (Å²) in [5.74, 6) is -0.0980. The third-order valence-corrected chi connectivity index (χ3v) is 7.74. The van der Waals surface area contributed by atoms with Gasteiger partial charge in [-0.1, -0.05) is 85.0 Å². The predicted octanol–water partition coefficient (Wildman–Crippen LogP) is 6.40. The van der Waals surface area contributed by atoms with Crippen molar-refractivity contribution in [3.8, 4) is 0 Å². The van der Waals surface area contributed by atoms with Crippen LogP contribution in [0.5, 0.6) is 0 Å². The van der Waals surface area contributed by atoms with E-state index in [2.05, 4.69) is 88.0 Å². The van der Waals surface area contributed by atoms with Crippen LogP contribution in [0.1, 0.15) is 76.5 Å². The standard InChI is InChI=1S/C37H53N7O7/c1-3-4-5-6-7-8-9-10-11-12-13-14-15-16-17-18-19-20-21-22-33(45)39-23-25-50-26-24-43(37(48)49)29-32-31(41-42-38)27-34(51-32)44-28-30(2)35(46)40-36(44)47/h4-5,7-8,10-11,13-14,16-17,19-20,28,31-32,34H,3,6,9,12,15,18,21-27,29H2,1-2H3,(H,39,45)(H,48,49)(H,40,46,47)/t31-,32-,34-/m0/s1. The third kappa shape index (κ3) is 18.1. The smallest absolute Gasteiger partial charge is 0.407 e. The number of hydrogen-bond donors (Lipinski definition) is 3. The second-order valence-electron chi connectivity index (χ2n) is 11.8.